The minimum absolute atomic E-state index is 0.0850. The van der Waals surface area contributed by atoms with E-state index in [1.54, 1.807) is 12.1 Å². The van der Waals surface area contributed by atoms with Crippen molar-refractivity contribution >= 4 is 11.9 Å². The van der Waals surface area contributed by atoms with Gasteiger partial charge in [-0.1, -0.05) is 19.1 Å². The molecule has 0 aromatic heterocycles. The average molecular weight is 306 g/mol. The van der Waals surface area contributed by atoms with Crippen LogP contribution in [0.3, 0.4) is 0 Å². The van der Waals surface area contributed by atoms with E-state index in [-0.39, 0.29) is 11.4 Å². The smallest absolute Gasteiger partial charge is 0.325 e. The molecule has 0 aliphatic carbocycles. The zero-order chi connectivity index (χ0) is 16.9. The summed E-state index contributed by atoms with van der Waals surface area (Å²) in [6, 6.07) is 6.39. The lowest BCUT2D eigenvalue weighted by atomic mass is 10.0. The highest BCUT2D eigenvalue weighted by Gasteiger charge is 2.20. The van der Waals surface area contributed by atoms with Crippen molar-refractivity contribution in [2.75, 3.05) is 6.54 Å². The Morgan fingerprint density at radius 2 is 1.77 bits per heavy atom. The molecule has 1 aromatic carbocycles. The van der Waals surface area contributed by atoms with Crippen LogP contribution in [-0.4, -0.2) is 40.0 Å². The van der Waals surface area contributed by atoms with Crippen LogP contribution in [0.25, 0.3) is 0 Å². The zero-order valence-electron chi connectivity index (χ0n) is 14.0. The molecule has 0 bridgehead atoms. The molecule has 1 rings (SSSR count). The number of hydrogen-bond donors (Lipinski definition) is 2. The second-order valence-electron chi connectivity index (χ2n) is 6.42. The molecular formula is C17H26N2O3. The molecule has 1 aromatic rings. The summed E-state index contributed by atoms with van der Waals surface area (Å²) in [7, 11) is 0. The van der Waals surface area contributed by atoms with Gasteiger partial charge in [-0.25, -0.2) is 0 Å². The van der Waals surface area contributed by atoms with Crippen LogP contribution >= 0.6 is 0 Å². The predicted molar refractivity (Wildman–Crippen MR) is 86.8 cm³/mol. The molecule has 0 heterocycles. The van der Waals surface area contributed by atoms with Gasteiger partial charge in [0.05, 0.1) is 0 Å². The number of benzene rings is 1. The molecule has 0 fully saturated rings. The number of hydrogen-bond acceptors (Lipinski definition) is 3. The third-order valence-electron chi connectivity index (χ3n) is 3.64. The number of nitrogens with zero attached hydrogens (tertiary/aromatic N) is 1. The Morgan fingerprint density at radius 3 is 2.18 bits per heavy atom. The Morgan fingerprint density at radius 1 is 1.23 bits per heavy atom. The maximum Gasteiger partial charge on any atom is 0.325 e. The van der Waals surface area contributed by atoms with Gasteiger partial charge in [0.2, 0.25) is 0 Å². The Hall–Kier alpha value is -1.88. The summed E-state index contributed by atoms with van der Waals surface area (Å²) in [5.41, 5.74) is 1.68. The maximum atomic E-state index is 11.9. The molecule has 0 aliphatic rings. The summed E-state index contributed by atoms with van der Waals surface area (Å²) < 4.78 is 0. The van der Waals surface area contributed by atoms with E-state index in [9.17, 15) is 9.59 Å². The third kappa shape index (κ3) is 5.15. The minimum Gasteiger partial charge on any atom is -0.480 e. The molecular weight excluding hydrogens is 280 g/mol. The van der Waals surface area contributed by atoms with Gasteiger partial charge in [0.15, 0.2) is 0 Å². The second-order valence-corrected chi connectivity index (χ2v) is 6.42. The van der Waals surface area contributed by atoms with E-state index in [1.165, 1.54) is 6.92 Å². The minimum atomic E-state index is -1.05. The van der Waals surface area contributed by atoms with Crippen molar-refractivity contribution in [1.82, 2.24) is 10.2 Å². The summed E-state index contributed by atoms with van der Waals surface area (Å²) in [5.74, 6) is -1.42. The molecule has 22 heavy (non-hydrogen) atoms. The quantitative estimate of drug-likeness (QED) is 0.847. The number of carboxylic acid groups (broad SMARTS) is 1. The van der Waals surface area contributed by atoms with Crippen LogP contribution in [0.4, 0.5) is 0 Å². The highest BCUT2D eigenvalue weighted by atomic mass is 16.4. The molecule has 5 heteroatoms. The first-order valence-electron chi connectivity index (χ1n) is 7.52. The monoisotopic (exact) mass is 306 g/mol. The van der Waals surface area contributed by atoms with E-state index in [0.29, 0.717) is 5.56 Å². The Labute approximate surface area is 132 Å². The fourth-order valence-corrected chi connectivity index (χ4v) is 2.15. The summed E-state index contributed by atoms with van der Waals surface area (Å²) >= 11 is 0. The fourth-order valence-electron chi connectivity index (χ4n) is 2.15. The molecule has 0 radical (unpaired) electrons. The molecule has 122 valence electrons. The lowest BCUT2D eigenvalue weighted by molar-refractivity contribution is -0.138. The number of rotatable bonds is 6. The molecule has 1 amide bonds. The van der Waals surface area contributed by atoms with E-state index in [2.05, 4.69) is 37.9 Å². The van der Waals surface area contributed by atoms with Gasteiger partial charge in [-0.05, 0) is 51.9 Å². The molecule has 5 nitrogen and oxygen atoms in total. The van der Waals surface area contributed by atoms with E-state index in [4.69, 9.17) is 5.11 Å². The highest BCUT2D eigenvalue weighted by molar-refractivity contribution is 5.96. The van der Waals surface area contributed by atoms with Gasteiger partial charge in [-0.3, -0.25) is 14.5 Å². The van der Waals surface area contributed by atoms with Crippen molar-refractivity contribution in [1.29, 1.82) is 0 Å². The van der Waals surface area contributed by atoms with E-state index in [1.807, 2.05) is 12.1 Å². The van der Waals surface area contributed by atoms with Crippen LogP contribution in [-0.2, 0) is 11.3 Å². The first-order valence-corrected chi connectivity index (χ1v) is 7.52. The van der Waals surface area contributed by atoms with Gasteiger partial charge in [0.1, 0.15) is 6.04 Å². The molecule has 2 N–H and O–H groups in total. The predicted octanol–water partition coefficient (Wildman–Crippen LogP) is 2.51. The number of amides is 1. The average Bonchev–Trinajstić information content (AvgIpc) is 2.43. The third-order valence-corrected chi connectivity index (χ3v) is 3.64. The first-order chi connectivity index (χ1) is 10.1. The van der Waals surface area contributed by atoms with Crippen LogP contribution in [0, 0.1) is 0 Å². The number of aliphatic carboxylic acids is 1. The van der Waals surface area contributed by atoms with E-state index < -0.39 is 12.0 Å². The van der Waals surface area contributed by atoms with Gasteiger partial charge in [0, 0.05) is 17.6 Å². The Bertz CT molecular complexity index is 518. The Kier molecular flexibility index (Phi) is 6.11. The first kappa shape index (κ1) is 18.2. The molecule has 1 unspecified atom stereocenters. The Balaban J connectivity index is 2.74. The largest absolute Gasteiger partial charge is 0.480 e. The lowest BCUT2D eigenvalue weighted by Gasteiger charge is -2.34. The van der Waals surface area contributed by atoms with Crippen molar-refractivity contribution in [2.45, 2.75) is 52.7 Å². The van der Waals surface area contributed by atoms with Crippen molar-refractivity contribution < 1.29 is 14.7 Å². The molecule has 0 spiro atoms. The summed E-state index contributed by atoms with van der Waals surface area (Å²) in [4.78, 5) is 25.0. The standard InChI is InChI=1S/C17H26N2O3/c1-6-19(17(3,4)5)11-13-7-9-14(10-8-13)15(20)18-12(2)16(21)22/h7-10,12H,6,11H2,1-5H3,(H,18,20)(H,21,22). The lowest BCUT2D eigenvalue weighted by Crippen LogP contribution is -2.40. The van der Waals surface area contributed by atoms with Gasteiger partial charge < -0.3 is 10.4 Å². The molecule has 1 atom stereocenters. The van der Waals surface area contributed by atoms with Crippen molar-refractivity contribution in [3.05, 3.63) is 35.4 Å². The number of carbonyl (C=O) groups is 2. The number of carbonyl (C=O) groups excluding carboxylic acids is 1. The van der Waals surface area contributed by atoms with Gasteiger partial charge in [-0.2, -0.15) is 0 Å². The van der Waals surface area contributed by atoms with Crippen molar-refractivity contribution in [2.24, 2.45) is 0 Å². The topological polar surface area (TPSA) is 69.6 Å². The van der Waals surface area contributed by atoms with Crippen molar-refractivity contribution in [3.8, 4) is 0 Å². The summed E-state index contributed by atoms with van der Waals surface area (Å²) in [6.07, 6.45) is 0. The highest BCUT2D eigenvalue weighted by Crippen LogP contribution is 2.17. The van der Waals surface area contributed by atoms with E-state index >= 15 is 0 Å². The molecule has 0 saturated heterocycles. The second kappa shape index (κ2) is 7.40. The maximum absolute atomic E-state index is 11.9. The van der Waals surface area contributed by atoms with Crippen LogP contribution in [0.1, 0.15) is 50.5 Å². The van der Waals surface area contributed by atoms with Gasteiger partial charge in [0.25, 0.3) is 5.91 Å². The SMILES string of the molecule is CCN(Cc1ccc(C(=O)NC(C)C(=O)O)cc1)C(C)(C)C. The number of carboxylic acids is 1. The van der Waals surface area contributed by atoms with Crippen LogP contribution in [0.5, 0.6) is 0 Å². The van der Waals surface area contributed by atoms with Crippen molar-refractivity contribution in [3.63, 3.8) is 0 Å². The van der Waals surface area contributed by atoms with Crippen LogP contribution in [0.15, 0.2) is 24.3 Å². The van der Waals surface area contributed by atoms with Gasteiger partial charge >= 0.3 is 5.97 Å². The summed E-state index contributed by atoms with van der Waals surface area (Å²) in [6.45, 7) is 11.8. The molecule has 0 saturated carbocycles. The van der Waals surface area contributed by atoms with E-state index in [0.717, 1.165) is 18.7 Å². The zero-order valence-corrected chi connectivity index (χ0v) is 14.0. The fraction of sp³-hybridized carbons (Fsp3) is 0.529. The van der Waals surface area contributed by atoms with Crippen LogP contribution in [0.2, 0.25) is 0 Å². The van der Waals surface area contributed by atoms with Gasteiger partial charge in [-0.15, -0.1) is 0 Å². The van der Waals surface area contributed by atoms with Crippen LogP contribution < -0.4 is 5.32 Å². The normalized spacial score (nSPS) is 13.0. The summed E-state index contributed by atoms with van der Waals surface area (Å²) in [5, 5.41) is 11.2. The molecule has 0 aliphatic heterocycles. The number of nitrogens with one attached hydrogen (secondary N) is 1.